The molecule has 7 nitrogen and oxygen atoms in total. The lowest BCUT2D eigenvalue weighted by molar-refractivity contribution is 0.0459. The molecule has 3 rings (SSSR count). The van der Waals surface area contributed by atoms with Crippen LogP contribution >= 0.6 is 0 Å². The Morgan fingerprint density at radius 3 is 2.45 bits per heavy atom. The number of hydrogen-bond acceptors (Lipinski definition) is 6. The van der Waals surface area contributed by atoms with Crippen molar-refractivity contribution in [3.8, 4) is 5.75 Å². The Morgan fingerprint density at radius 2 is 1.79 bits per heavy atom. The van der Waals surface area contributed by atoms with Crippen LogP contribution in [0.2, 0.25) is 0 Å². The van der Waals surface area contributed by atoms with Crippen molar-refractivity contribution in [3.05, 3.63) is 70.1 Å². The van der Waals surface area contributed by atoms with Gasteiger partial charge in [-0.2, -0.15) is 0 Å². The van der Waals surface area contributed by atoms with Crippen LogP contribution < -0.4 is 15.7 Å². The molecule has 1 amide bonds. The fourth-order valence-electron chi connectivity index (χ4n) is 2.59. The van der Waals surface area contributed by atoms with Crippen LogP contribution in [0.1, 0.15) is 34.6 Å². The number of ether oxygens (including phenoxy) is 2. The first-order valence-corrected chi connectivity index (χ1v) is 9.08. The second-order valence-corrected chi connectivity index (χ2v) is 6.88. The van der Waals surface area contributed by atoms with Crippen molar-refractivity contribution in [1.82, 2.24) is 0 Å². The molecule has 3 aromatic rings. The molecule has 2 aromatic carbocycles. The fraction of sp³-hybridized carbons (Fsp3) is 0.227. The van der Waals surface area contributed by atoms with Crippen LogP contribution in [-0.4, -0.2) is 25.6 Å². The first-order chi connectivity index (χ1) is 13.9. The minimum atomic E-state index is -0.753. The summed E-state index contributed by atoms with van der Waals surface area (Å²) >= 11 is 0. The van der Waals surface area contributed by atoms with Crippen LogP contribution in [0.4, 0.5) is 5.69 Å². The molecule has 1 N–H and O–H groups in total. The average molecular weight is 395 g/mol. The highest BCUT2D eigenvalue weighted by molar-refractivity contribution is 6.05. The van der Waals surface area contributed by atoms with Gasteiger partial charge in [0.25, 0.3) is 5.91 Å². The Hall–Kier alpha value is -3.61. The smallest absolute Gasteiger partial charge is 0.349 e. The Labute approximate surface area is 167 Å². The van der Waals surface area contributed by atoms with Gasteiger partial charge in [-0.25, -0.2) is 9.59 Å². The van der Waals surface area contributed by atoms with E-state index < -0.39 is 17.5 Å². The summed E-state index contributed by atoms with van der Waals surface area (Å²) in [5.74, 6) is -0.245. The van der Waals surface area contributed by atoms with Crippen molar-refractivity contribution in [1.29, 1.82) is 0 Å². The van der Waals surface area contributed by atoms with E-state index in [9.17, 15) is 14.4 Å². The zero-order valence-electron chi connectivity index (χ0n) is 16.4. The Balaban J connectivity index is 1.75. The summed E-state index contributed by atoms with van der Waals surface area (Å²) in [4.78, 5) is 36.7. The predicted molar refractivity (Wildman–Crippen MR) is 109 cm³/mol. The van der Waals surface area contributed by atoms with Crippen LogP contribution in [0.5, 0.6) is 5.75 Å². The second kappa shape index (κ2) is 8.60. The monoisotopic (exact) mass is 395 g/mol. The van der Waals surface area contributed by atoms with Crippen LogP contribution in [0.25, 0.3) is 11.0 Å². The summed E-state index contributed by atoms with van der Waals surface area (Å²) in [5.41, 5.74) is 0.267. The van der Waals surface area contributed by atoms with E-state index in [-0.39, 0.29) is 11.5 Å². The normalized spacial score (nSPS) is 10.8. The number of hydrogen-bond donors (Lipinski definition) is 1. The molecule has 0 aliphatic carbocycles. The molecule has 1 aromatic heterocycles. The van der Waals surface area contributed by atoms with E-state index in [1.807, 2.05) is 13.8 Å². The predicted octanol–water partition coefficient (Wildman–Crippen LogP) is 3.87. The number of carbonyl (C=O) groups excluding carboxylic acids is 2. The van der Waals surface area contributed by atoms with Crippen molar-refractivity contribution in [2.45, 2.75) is 13.8 Å². The van der Waals surface area contributed by atoms with E-state index in [1.54, 1.807) is 42.5 Å². The quantitative estimate of drug-likeness (QED) is 0.503. The number of carbonyl (C=O) groups is 2. The number of esters is 1. The zero-order chi connectivity index (χ0) is 21.0. The fourth-order valence-corrected chi connectivity index (χ4v) is 2.59. The third kappa shape index (κ3) is 4.82. The van der Waals surface area contributed by atoms with E-state index in [0.717, 1.165) is 0 Å². The number of fused-ring (bicyclic) bond motifs is 1. The van der Waals surface area contributed by atoms with Gasteiger partial charge in [-0.05, 0) is 48.4 Å². The average Bonchev–Trinajstić information content (AvgIpc) is 2.71. The van der Waals surface area contributed by atoms with Gasteiger partial charge in [0.05, 0.1) is 19.3 Å². The van der Waals surface area contributed by atoms with Gasteiger partial charge >= 0.3 is 11.6 Å². The second-order valence-electron chi connectivity index (χ2n) is 6.88. The maximum absolute atomic E-state index is 12.5. The molecule has 29 heavy (non-hydrogen) atoms. The molecule has 0 aliphatic rings. The highest BCUT2D eigenvalue weighted by Crippen LogP contribution is 2.20. The molecule has 0 radical (unpaired) electrons. The van der Waals surface area contributed by atoms with Gasteiger partial charge in [-0.15, -0.1) is 0 Å². The maximum atomic E-state index is 12.5. The number of anilines is 1. The van der Waals surface area contributed by atoms with Crippen LogP contribution in [0.15, 0.2) is 57.7 Å². The minimum Gasteiger partial charge on any atom is -0.497 e. The standard InChI is InChI=1S/C22H21NO6/c1-13(2)12-28-21(25)14-4-7-16(8-5-14)23-20(24)18-10-15-6-9-17(27-3)11-19(15)29-22(18)26/h4-11,13H,12H2,1-3H3,(H,23,24). The van der Waals surface area contributed by atoms with Gasteiger partial charge in [0.2, 0.25) is 0 Å². The molecule has 150 valence electrons. The lowest BCUT2D eigenvalue weighted by atomic mass is 10.1. The summed E-state index contributed by atoms with van der Waals surface area (Å²) in [6.45, 7) is 4.23. The van der Waals surface area contributed by atoms with Crippen molar-refractivity contribution < 1.29 is 23.5 Å². The Kier molecular flexibility index (Phi) is 5.97. The third-order valence-corrected chi connectivity index (χ3v) is 4.11. The summed E-state index contributed by atoms with van der Waals surface area (Å²) in [5, 5.41) is 3.22. The zero-order valence-corrected chi connectivity index (χ0v) is 16.4. The van der Waals surface area contributed by atoms with Gasteiger partial charge in [0.15, 0.2) is 0 Å². The van der Waals surface area contributed by atoms with Crippen molar-refractivity contribution in [3.63, 3.8) is 0 Å². The molecule has 0 bridgehead atoms. The summed E-state index contributed by atoms with van der Waals surface area (Å²) < 4.78 is 15.5. The molecule has 0 spiro atoms. The molecule has 0 saturated heterocycles. The van der Waals surface area contributed by atoms with Crippen LogP contribution in [-0.2, 0) is 4.74 Å². The van der Waals surface area contributed by atoms with Gasteiger partial charge in [-0.1, -0.05) is 13.8 Å². The van der Waals surface area contributed by atoms with Crippen molar-refractivity contribution in [2.75, 3.05) is 19.0 Å². The highest BCUT2D eigenvalue weighted by Gasteiger charge is 2.15. The summed E-state index contributed by atoms with van der Waals surface area (Å²) in [6.07, 6.45) is 0. The molecule has 0 saturated carbocycles. The largest absolute Gasteiger partial charge is 0.497 e. The van der Waals surface area contributed by atoms with Crippen LogP contribution in [0, 0.1) is 5.92 Å². The molecule has 0 fully saturated rings. The first kappa shape index (κ1) is 20.1. The summed E-state index contributed by atoms with van der Waals surface area (Å²) in [7, 11) is 1.51. The molecule has 0 aliphatic heterocycles. The van der Waals surface area contributed by atoms with Crippen LogP contribution in [0.3, 0.4) is 0 Å². The van der Waals surface area contributed by atoms with Crippen molar-refractivity contribution in [2.24, 2.45) is 5.92 Å². The van der Waals surface area contributed by atoms with E-state index >= 15 is 0 Å². The van der Waals surface area contributed by atoms with E-state index in [0.29, 0.717) is 34.6 Å². The molecular formula is C22H21NO6. The van der Waals surface area contributed by atoms with Gasteiger partial charge < -0.3 is 19.2 Å². The molecule has 0 atom stereocenters. The number of amides is 1. The highest BCUT2D eigenvalue weighted by atomic mass is 16.5. The Bertz CT molecular complexity index is 1100. The maximum Gasteiger partial charge on any atom is 0.349 e. The van der Waals surface area contributed by atoms with E-state index in [2.05, 4.69) is 5.32 Å². The lowest BCUT2D eigenvalue weighted by Crippen LogP contribution is -2.20. The Morgan fingerprint density at radius 1 is 1.07 bits per heavy atom. The minimum absolute atomic E-state index is 0.122. The number of nitrogens with one attached hydrogen (secondary N) is 1. The lowest BCUT2D eigenvalue weighted by Gasteiger charge is -2.08. The summed E-state index contributed by atoms with van der Waals surface area (Å²) in [6, 6.07) is 12.7. The van der Waals surface area contributed by atoms with Gasteiger partial charge in [0, 0.05) is 17.1 Å². The number of rotatable bonds is 6. The molecule has 1 heterocycles. The van der Waals surface area contributed by atoms with Gasteiger partial charge in [-0.3, -0.25) is 4.79 Å². The SMILES string of the molecule is COc1ccc2cc(C(=O)Nc3ccc(C(=O)OCC(C)C)cc3)c(=O)oc2c1. The molecule has 7 heteroatoms. The van der Waals surface area contributed by atoms with Gasteiger partial charge in [0.1, 0.15) is 16.9 Å². The topological polar surface area (TPSA) is 94.8 Å². The molecular weight excluding hydrogens is 374 g/mol. The van der Waals surface area contributed by atoms with E-state index in [4.69, 9.17) is 13.9 Å². The van der Waals surface area contributed by atoms with Crippen molar-refractivity contribution >= 4 is 28.5 Å². The molecule has 0 unspecified atom stereocenters. The third-order valence-electron chi connectivity index (χ3n) is 4.11. The number of benzene rings is 2. The van der Waals surface area contributed by atoms with E-state index in [1.165, 1.54) is 13.2 Å². The number of methoxy groups -OCH3 is 1. The first-order valence-electron chi connectivity index (χ1n) is 9.08.